The summed E-state index contributed by atoms with van der Waals surface area (Å²) in [6.45, 7) is 0.508. The van der Waals surface area contributed by atoms with Crippen LogP contribution in [0, 0.1) is 0 Å². The molecule has 3 N–H and O–H groups in total. The second kappa shape index (κ2) is 5.86. The zero-order valence-electron chi connectivity index (χ0n) is 11.1. The zero-order chi connectivity index (χ0) is 14.9. The molecule has 0 unspecified atom stereocenters. The molecule has 0 atom stereocenters. The summed E-state index contributed by atoms with van der Waals surface area (Å²) in [4.78, 5) is 1.01. The zero-order valence-corrected chi connectivity index (χ0v) is 13.5. The maximum atomic E-state index is 12.6. The lowest BCUT2D eigenvalue weighted by Gasteiger charge is -2.07. The highest BCUT2D eigenvalue weighted by molar-refractivity contribution is 7.90. The lowest BCUT2D eigenvalue weighted by Crippen LogP contribution is -2.24. The summed E-state index contributed by atoms with van der Waals surface area (Å²) in [6.07, 6.45) is 0. The Bertz CT molecular complexity index is 852. The quantitative estimate of drug-likeness (QED) is 0.751. The number of hydrogen-bond donors (Lipinski definition) is 2. The van der Waals surface area contributed by atoms with E-state index in [0.717, 1.165) is 15.6 Å². The predicted octanol–water partition coefficient (Wildman–Crippen LogP) is 2.90. The molecule has 0 radical (unpaired) electrons. The summed E-state index contributed by atoms with van der Waals surface area (Å²) >= 11 is 2.98. The number of thiophene rings is 2. The van der Waals surface area contributed by atoms with Crippen LogP contribution in [0.5, 0.6) is 0 Å². The maximum absolute atomic E-state index is 12.6. The van der Waals surface area contributed by atoms with Gasteiger partial charge in [-0.25, -0.2) is 13.1 Å². The van der Waals surface area contributed by atoms with Crippen LogP contribution < -0.4 is 10.5 Å². The van der Waals surface area contributed by atoms with E-state index in [1.807, 2.05) is 41.1 Å². The second-order valence-corrected chi connectivity index (χ2v) is 8.13. The molecule has 0 bridgehead atoms. The van der Waals surface area contributed by atoms with Gasteiger partial charge < -0.3 is 5.73 Å². The summed E-state index contributed by atoms with van der Waals surface area (Å²) < 4.78 is 28.9. The van der Waals surface area contributed by atoms with Gasteiger partial charge in [0, 0.05) is 28.1 Å². The Hall–Kier alpha value is -1.25. The molecule has 0 saturated carbocycles. The van der Waals surface area contributed by atoms with Crippen molar-refractivity contribution in [3.63, 3.8) is 0 Å². The lowest BCUT2D eigenvalue weighted by atomic mass is 10.2. The van der Waals surface area contributed by atoms with Crippen molar-refractivity contribution in [1.29, 1.82) is 0 Å². The Balaban J connectivity index is 2.01. The van der Waals surface area contributed by atoms with E-state index in [2.05, 4.69) is 4.72 Å². The Morgan fingerprint density at radius 3 is 2.71 bits per heavy atom. The van der Waals surface area contributed by atoms with Crippen LogP contribution in [0.4, 0.5) is 0 Å². The van der Waals surface area contributed by atoms with Crippen LogP contribution in [0.25, 0.3) is 10.1 Å². The highest BCUT2D eigenvalue weighted by atomic mass is 32.2. The van der Waals surface area contributed by atoms with Crippen molar-refractivity contribution in [3.8, 4) is 0 Å². The summed E-state index contributed by atoms with van der Waals surface area (Å²) in [5.74, 6) is 0. The van der Waals surface area contributed by atoms with E-state index >= 15 is 0 Å². The predicted molar refractivity (Wildman–Crippen MR) is 88.1 cm³/mol. The SMILES string of the molecule is NCc1sc2ccccc2c1S(=O)(=O)NCc1ccsc1. The largest absolute Gasteiger partial charge is 0.326 e. The Morgan fingerprint density at radius 2 is 2.00 bits per heavy atom. The minimum Gasteiger partial charge on any atom is -0.326 e. The average molecular weight is 338 g/mol. The van der Waals surface area contributed by atoms with Crippen LogP contribution in [0.1, 0.15) is 10.4 Å². The number of nitrogens with two attached hydrogens (primary N) is 1. The fourth-order valence-corrected chi connectivity index (χ4v) is 5.66. The van der Waals surface area contributed by atoms with E-state index in [-0.39, 0.29) is 6.54 Å². The number of benzene rings is 1. The number of hydrogen-bond acceptors (Lipinski definition) is 5. The molecule has 7 heteroatoms. The van der Waals surface area contributed by atoms with Gasteiger partial charge in [0.05, 0.1) is 0 Å². The molecule has 2 heterocycles. The summed E-state index contributed by atoms with van der Waals surface area (Å²) in [6, 6.07) is 9.38. The number of rotatable bonds is 5. The van der Waals surface area contributed by atoms with Crippen LogP contribution >= 0.6 is 22.7 Å². The van der Waals surface area contributed by atoms with Gasteiger partial charge >= 0.3 is 0 Å². The fraction of sp³-hybridized carbons (Fsp3) is 0.143. The van der Waals surface area contributed by atoms with Gasteiger partial charge in [-0.05, 0) is 28.5 Å². The van der Waals surface area contributed by atoms with E-state index in [4.69, 9.17) is 5.73 Å². The van der Waals surface area contributed by atoms with E-state index in [0.29, 0.717) is 16.3 Å². The number of sulfonamides is 1. The molecule has 110 valence electrons. The number of fused-ring (bicyclic) bond motifs is 1. The monoisotopic (exact) mass is 338 g/mol. The van der Waals surface area contributed by atoms with Crippen molar-refractivity contribution in [3.05, 3.63) is 51.5 Å². The van der Waals surface area contributed by atoms with Crippen LogP contribution in [0.2, 0.25) is 0 Å². The fourth-order valence-electron chi connectivity index (χ4n) is 2.15. The molecular weight excluding hydrogens is 324 g/mol. The van der Waals surface area contributed by atoms with E-state index in [1.54, 1.807) is 11.3 Å². The average Bonchev–Trinajstić information content (AvgIpc) is 3.12. The third-order valence-corrected chi connectivity index (χ3v) is 6.70. The normalized spacial score (nSPS) is 12.0. The van der Waals surface area contributed by atoms with Crippen molar-refractivity contribution in [1.82, 2.24) is 4.72 Å². The van der Waals surface area contributed by atoms with Gasteiger partial charge in [-0.3, -0.25) is 0 Å². The van der Waals surface area contributed by atoms with Gasteiger partial charge in [-0.15, -0.1) is 11.3 Å². The van der Waals surface area contributed by atoms with Gasteiger partial charge in [0.15, 0.2) is 0 Å². The highest BCUT2D eigenvalue weighted by Crippen LogP contribution is 2.34. The Kier molecular flexibility index (Phi) is 4.10. The van der Waals surface area contributed by atoms with Gasteiger partial charge in [0.1, 0.15) is 4.90 Å². The molecule has 0 saturated heterocycles. The molecular formula is C14H14N2O2S3. The third kappa shape index (κ3) is 2.88. The molecule has 0 spiro atoms. The first kappa shape index (κ1) is 14.7. The van der Waals surface area contributed by atoms with Crippen LogP contribution in [-0.4, -0.2) is 8.42 Å². The first-order valence-corrected chi connectivity index (χ1v) is 9.57. The molecule has 0 aliphatic carbocycles. The molecule has 0 fully saturated rings. The topological polar surface area (TPSA) is 72.2 Å². The van der Waals surface area contributed by atoms with Gasteiger partial charge in [-0.2, -0.15) is 11.3 Å². The molecule has 0 aliphatic rings. The minimum atomic E-state index is -3.58. The second-order valence-electron chi connectivity index (χ2n) is 4.51. The lowest BCUT2D eigenvalue weighted by molar-refractivity contribution is 0.581. The van der Waals surface area contributed by atoms with Crippen molar-refractivity contribution >= 4 is 42.8 Å². The summed E-state index contributed by atoms with van der Waals surface area (Å²) in [5.41, 5.74) is 6.68. The van der Waals surface area contributed by atoms with Crippen molar-refractivity contribution in [2.45, 2.75) is 18.0 Å². The first-order chi connectivity index (χ1) is 10.1. The minimum absolute atomic E-state index is 0.216. The van der Waals surface area contributed by atoms with Crippen LogP contribution in [0.15, 0.2) is 46.0 Å². The van der Waals surface area contributed by atoms with E-state index in [1.165, 1.54) is 11.3 Å². The molecule has 0 amide bonds. The molecule has 2 aromatic heterocycles. The van der Waals surface area contributed by atoms with Crippen LogP contribution in [0.3, 0.4) is 0 Å². The molecule has 1 aromatic carbocycles. The summed E-state index contributed by atoms with van der Waals surface area (Å²) in [5, 5.41) is 4.59. The van der Waals surface area contributed by atoms with E-state index < -0.39 is 10.0 Å². The molecule has 21 heavy (non-hydrogen) atoms. The highest BCUT2D eigenvalue weighted by Gasteiger charge is 2.23. The summed E-state index contributed by atoms with van der Waals surface area (Å²) in [7, 11) is -3.58. The Morgan fingerprint density at radius 1 is 1.19 bits per heavy atom. The number of nitrogens with one attached hydrogen (secondary N) is 1. The molecule has 0 aliphatic heterocycles. The third-order valence-electron chi connectivity index (χ3n) is 3.12. The molecule has 3 rings (SSSR count). The van der Waals surface area contributed by atoms with Crippen molar-refractivity contribution in [2.75, 3.05) is 0 Å². The Labute approximate surface area is 131 Å². The smallest absolute Gasteiger partial charge is 0.242 e. The maximum Gasteiger partial charge on any atom is 0.242 e. The molecule has 3 aromatic rings. The molecule has 4 nitrogen and oxygen atoms in total. The van der Waals surface area contributed by atoms with E-state index in [9.17, 15) is 8.42 Å². The standard InChI is InChI=1S/C14H14N2O2S3/c15-7-13-14(11-3-1-2-4-12(11)20-13)21(17,18)16-8-10-5-6-19-9-10/h1-6,9,16H,7-8,15H2. The van der Waals surface area contributed by atoms with Crippen molar-refractivity contribution in [2.24, 2.45) is 5.73 Å². The van der Waals surface area contributed by atoms with Gasteiger partial charge in [-0.1, -0.05) is 18.2 Å². The first-order valence-electron chi connectivity index (χ1n) is 6.33. The van der Waals surface area contributed by atoms with Gasteiger partial charge in [0.25, 0.3) is 0 Å². The van der Waals surface area contributed by atoms with Crippen molar-refractivity contribution < 1.29 is 8.42 Å². The van der Waals surface area contributed by atoms with Crippen LogP contribution in [-0.2, 0) is 23.1 Å². The van der Waals surface area contributed by atoms with Gasteiger partial charge in [0.2, 0.25) is 10.0 Å².